The highest BCUT2D eigenvalue weighted by atomic mass is 16.5. The molecule has 0 aliphatic heterocycles. The van der Waals surface area contributed by atoms with Crippen molar-refractivity contribution >= 4 is 16.8 Å². The number of carbonyl (C=O) groups excluding carboxylic acids is 1. The number of aromatic nitrogens is 2. The fraction of sp³-hybridized carbons (Fsp3) is 0.263. The van der Waals surface area contributed by atoms with Crippen LogP contribution in [0.5, 0.6) is 5.75 Å². The Labute approximate surface area is 141 Å². The van der Waals surface area contributed by atoms with Gasteiger partial charge in [-0.25, -0.2) is 0 Å². The Morgan fingerprint density at radius 1 is 1.25 bits per heavy atom. The largest absolute Gasteiger partial charge is 0.497 e. The van der Waals surface area contributed by atoms with Gasteiger partial charge >= 0.3 is 0 Å². The van der Waals surface area contributed by atoms with Crippen LogP contribution in [0.25, 0.3) is 10.9 Å². The van der Waals surface area contributed by atoms with E-state index >= 15 is 0 Å². The van der Waals surface area contributed by atoms with Gasteiger partial charge in [0.1, 0.15) is 11.8 Å². The number of ether oxygens (including phenoxy) is 1. The van der Waals surface area contributed by atoms with Crippen molar-refractivity contribution in [2.45, 2.75) is 26.4 Å². The highest BCUT2D eigenvalue weighted by Crippen LogP contribution is 2.21. The minimum Gasteiger partial charge on any atom is -0.497 e. The van der Waals surface area contributed by atoms with E-state index in [4.69, 9.17) is 4.74 Å². The standard InChI is InChI=1S/C19H21N3O2/c1-13-17-9-4-5-10-18(17)22(21-13)14(2)19(23)20-12-15-7-6-8-16(11-15)24-3/h4-11,14H,12H2,1-3H3,(H,20,23). The Kier molecular flexibility index (Phi) is 4.51. The summed E-state index contributed by atoms with van der Waals surface area (Å²) in [6.07, 6.45) is 0. The van der Waals surface area contributed by atoms with E-state index in [0.29, 0.717) is 6.54 Å². The van der Waals surface area contributed by atoms with Crippen LogP contribution in [0.3, 0.4) is 0 Å². The van der Waals surface area contributed by atoms with E-state index in [0.717, 1.165) is 27.9 Å². The highest BCUT2D eigenvalue weighted by Gasteiger charge is 2.18. The van der Waals surface area contributed by atoms with Crippen LogP contribution in [0.15, 0.2) is 48.5 Å². The lowest BCUT2D eigenvalue weighted by atomic mass is 10.2. The maximum Gasteiger partial charge on any atom is 0.244 e. The first-order valence-corrected chi connectivity index (χ1v) is 7.94. The van der Waals surface area contributed by atoms with Crippen LogP contribution in [0.2, 0.25) is 0 Å². The molecule has 0 fully saturated rings. The third kappa shape index (κ3) is 3.11. The molecule has 0 radical (unpaired) electrons. The number of rotatable bonds is 5. The normalized spacial score (nSPS) is 12.1. The summed E-state index contributed by atoms with van der Waals surface area (Å²) in [5.74, 6) is 0.717. The molecule has 1 aromatic heterocycles. The van der Waals surface area contributed by atoms with Crippen molar-refractivity contribution < 1.29 is 9.53 Å². The number of methoxy groups -OCH3 is 1. The zero-order chi connectivity index (χ0) is 17.1. The first-order valence-electron chi connectivity index (χ1n) is 7.94. The summed E-state index contributed by atoms with van der Waals surface area (Å²) in [5.41, 5.74) is 2.90. The summed E-state index contributed by atoms with van der Waals surface area (Å²) in [6.45, 7) is 4.28. The van der Waals surface area contributed by atoms with Crippen LogP contribution >= 0.6 is 0 Å². The van der Waals surface area contributed by atoms with E-state index in [1.54, 1.807) is 11.8 Å². The zero-order valence-electron chi connectivity index (χ0n) is 14.1. The van der Waals surface area contributed by atoms with Crippen molar-refractivity contribution in [3.05, 3.63) is 59.8 Å². The van der Waals surface area contributed by atoms with Crippen molar-refractivity contribution in [2.24, 2.45) is 0 Å². The van der Waals surface area contributed by atoms with Crippen LogP contribution in [0, 0.1) is 6.92 Å². The number of amides is 1. The Bertz CT molecular complexity index is 870. The lowest BCUT2D eigenvalue weighted by Crippen LogP contribution is -2.31. The fourth-order valence-electron chi connectivity index (χ4n) is 2.77. The lowest BCUT2D eigenvalue weighted by Gasteiger charge is -2.14. The van der Waals surface area contributed by atoms with E-state index < -0.39 is 0 Å². The second-order valence-corrected chi connectivity index (χ2v) is 5.79. The van der Waals surface area contributed by atoms with Crippen molar-refractivity contribution in [1.82, 2.24) is 15.1 Å². The summed E-state index contributed by atoms with van der Waals surface area (Å²) in [6, 6.07) is 15.2. The molecule has 0 saturated heterocycles. The predicted octanol–water partition coefficient (Wildman–Crippen LogP) is 3.23. The molecule has 1 atom stereocenters. The minimum absolute atomic E-state index is 0.0638. The first-order chi connectivity index (χ1) is 11.6. The second kappa shape index (κ2) is 6.74. The third-order valence-electron chi connectivity index (χ3n) is 4.15. The Morgan fingerprint density at radius 2 is 2.04 bits per heavy atom. The molecule has 0 aliphatic carbocycles. The molecular weight excluding hydrogens is 302 g/mol. The molecule has 0 aliphatic rings. The number of para-hydroxylation sites is 1. The van der Waals surface area contributed by atoms with E-state index in [1.807, 2.05) is 62.4 Å². The molecule has 1 heterocycles. The van der Waals surface area contributed by atoms with E-state index in [-0.39, 0.29) is 11.9 Å². The van der Waals surface area contributed by atoms with Gasteiger partial charge in [0.2, 0.25) is 5.91 Å². The smallest absolute Gasteiger partial charge is 0.244 e. The quantitative estimate of drug-likeness (QED) is 0.784. The van der Waals surface area contributed by atoms with Crippen molar-refractivity contribution in [1.29, 1.82) is 0 Å². The number of hydrogen-bond acceptors (Lipinski definition) is 3. The van der Waals surface area contributed by atoms with Crippen LogP contribution in [-0.4, -0.2) is 22.8 Å². The van der Waals surface area contributed by atoms with Gasteiger partial charge in [-0.2, -0.15) is 5.10 Å². The van der Waals surface area contributed by atoms with Crippen LogP contribution in [0.4, 0.5) is 0 Å². The van der Waals surface area contributed by atoms with Gasteiger partial charge in [-0.15, -0.1) is 0 Å². The number of nitrogens with one attached hydrogen (secondary N) is 1. The molecule has 24 heavy (non-hydrogen) atoms. The first kappa shape index (κ1) is 16.1. The van der Waals surface area contributed by atoms with Gasteiger partial charge in [-0.05, 0) is 37.6 Å². The SMILES string of the molecule is COc1cccc(CNC(=O)C(C)n2nc(C)c3ccccc32)c1. The van der Waals surface area contributed by atoms with Gasteiger partial charge in [-0.1, -0.05) is 30.3 Å². The third-order valence-corrected chi connectivity index (χ3v) is 4.15. The summed E-state index contributed by atoms with van der Waals surface area (Å²) in [5, 5.41) is 8.57. The minimum atomic E-state index is -0.380. The number of carbonyl (C=O) groups is 1. The summed E-state index contributed by atoms with van der Waals surface area (Å²) in [4.78, 5) is 12.5. The summed E-state index contributed by atoms with van der Waals surface area (Å²) >= 11 is 0. The molecule has 1 unspecified atom stereocenters. The van der Waals surface area contributed by atoms with Gasteiger partial charge in [0.25, 0.3) is 0 Å². The monoisotopic (exact) mass is 323 g/mol. The lowest BCUT2D eigenvalue weighted by molar-refractivity contribution is -0.124. The molecule has 2 aromatic carbocycles. The maximum absolute atomic E-state index is 12.5. The molecular formula is C19H21N3O2. The van der Waals surface area contributed by atoms with Crippen molar-refractivity contribution in [2.75, 3.05) is 7.11 Å². The van der Waals surface area contributed by atoms with E-state index in [9.17, 15) is 4.79 Å². The molecule has 3 rings (SSSR count). The second-order valence-electron chi connectivity index (χ2n) is 5.79. The van der Waals surface area contributed by atoms with Gasteiger partial charge < -0.3 is 10.1 Å². The summed E-state index contributed by atoms with van der Waals surface area (Å²) in [7, 11) is 1.63. The van der Waals surface area contributed by atoms with Gasteiger partial charge in [-0.3, -0.25) is 9.48 Å². The number of aryl methyl sites for hydroxylation is 1. The van der Waals surface area contributed by atoms with Crippen molar-refractivity contribution in [3.8, 4) is 5.75 Å². The number of benzene rings is 2. The predicted molar refractivity (Wildman–Crippen MR) is 94.0 cm³/mol. The van der Waals surface area contributed by atoms with Crippen LogP contribution in [0.1, 0.15) is 24.2 Å². The zero-order valence-corrected chi connectivity index (χ0v) is 14.1. The Balaban J connectivity index is 1.74. The Hall–Kier alpha value is -2.82. The van der Waals surface area contributed by atoms with Gasteiger partial charge in [0.15, 0.2) is 0 Å². The molecule has 1 N–H and O–H groups in total. The fourth-order valence-corrected chi connectivity index (χ4v) is 2.77. The molecule has 5 nitrogen and oxygen atoms in total. The van der Waals surface area contributed by atoms with Gasteiger partial charge in [0, 0.05) is 11.9 Å². The molecule has 1 amide bonds. The topological polar surface area (TPSA) is 56.1 Å². The van der Waals surface area contributed by atoms with Crippen LogP contribution in [-0.2, 0) is 11.3 Å². The molecule has 0 saturated carbocycles. The van der Waals surface area contributed by atoms with E-state index in [2.05, 4.69) is 10.4 Å². The number of fused-ring (bicyclic) bond motifs is 1. The molecule has 5 heteroatoms. The molecule has 0 bridgehead atoms. The highest BCUT2D eigenvalue weighted by molar-refractivity contribution is 5.86. The van der Waals surface area contributed by atoms with E-state index in [1.165, 1.54) is 0 Å². The molecule has 0 spiro atoms. The van der Waals surface area contributed by atoms with Crippen LogP contribution < -0.4 is 10.1 Å². The average Bonchev–Trinajstić information content (AvgIpc) is 2.96. The molecule has 3 aromatic rings. The average molecular weight is 323 g/mol. The maximum atomic E-state index is 12.5. The number of hydrogen-bond donors (Lipinski definition) is 1. The number of nitrogens with zero attached hydrogens (tertiary/aromatic N) is 2. The van der Waals surface area contributed by atoms with Gasteiger partial charge in [0.05, 0.1) is 18.3 Å². The Morgan fingerprint density at radius 3 is 2.83 bits per heavy atom. The van der Waals surface area contributed by atoms with Crippen molar-refractivity contribution in [3.63, 3.8) is 0 Å². The molecule has 124 valence electrons. The summed E-state index contributed by atoms with van der Waals surface area (Å²) < 4.78 is 6.99.